The van der Waals surface area contributed by atoms with Crippen molar-refractivity contribution in [1.29, 1.82) is 0 Å². The second-order valence-corrected chi connectivity index (χ2v) is 9.54. The molecule has 0 radical (unpaired) electrons. The zero-order chi connectivity index (χ0) is 25.1. The molecule has 5 rings (SSSR count). The highest BCUT2D eigenvalue weighted by Crippen LogP contribution is 2.50. The summed E-state index contributed by atoms with van der Waals surface area (Å²) in [5.41, 5.74) is -2.13. The first kappa shape index (κ1) is 23.3. The number of nitrogens with zero attached hydrogens (tertiary/aromatic N) is 2. The van der Waals surface area contributed by atoms with Crippen molar-refractivity contribution >= 4 is 16.8 Å². The zero-order valence-corrected chi connectivity index (χ0v) is 19.3. The lowest BCUT2D eigenvalue weighted by Crippen LogP contribution is -2.57. The molecule has 35 heavy (non-hydrogen) atoms. The van der Waals surface area contributed by atoms with Gasteiger partial charge in [-0.1, -0.05) is 6.07 Å². The number of H-pyrrole nitrogens is 1. The molecule has 184 valence electrons. The van der Waals surface area contributed by atoms with Gasteiger partial charge in [0.2, 0.25) is 5.91 Å². The number of hydrogen-bond acceptors (Lipinski definition) is 4. The van der Waals surface area contributed by atoms with Gasteiger partial charge in [0.1, 0.15) is 23.5 Å². The summed E-state index contributed by atoms with van der Waals surface area (Å²) in [5, 5.41) is 2.68. The molecule has 3 aromatic rings. The lowest BCUT2D eigenvalue weighted by atomic mass is 9.80. The second kappa shape index (κ2) is 8.37. The predicted molar refractivity (Wildman–Crippen MR) is 123 cm³/mol. The average molecular weight is 486 g/mol. The van der Waals surface area contributed by atoms with E-state index in [4.69, 9.17) is 0 Å². The van der Waals surface area contributed by atoms with Gasteiger partial charge in [-0.05, 0) is 63.9 Å². The molecule has 1 amide bonds. The maximum Gasteiger partial charge on any atom is 0.329 e. The van der Waals surface area contributed by atoms with Crippen molar-refractivity contribution in [2.75, 3.05) is 7.05 Å². The van der Waals surface area contributed by atoms with E-state index in [1.807, 2.05) is 11.9 Å². The monoisotopic (exact) mass is 486 g/mol. The SMILES string of the molecule is C[C@H](NC(=O)C(n1c(=O)[nH]c2ccc(F)cc2c1=O)C12CCC(CC1)N2C)c1ccc(F)cc1F. The van der Waals surface area contributed by atoms with Crippen LogP contribution >= 0.6 is 0 Å². The number of benzene rings is 2. The first-order chi connectivity index (χ1) is 16.6. The Labute approximate surface area is 198 Å². The molecule has 2 aliphatic rings. The number of halogens is 3. The van der Waals surface area contributed by atoms with Gasteiger partial charge < -0.3 is 10.3 Å². The molecular weight excluding hydrogens is 461 g/mol. The fourth-order valence-corrected chi connectivity index (χ4v) is 5.93. The minimum atomic E-state index is -1.24. The molecule has 2 aromatic carbocycles. The topological polar surface area (TPSA) is 87.2 Å². The van der Waals surface area contributed by atoms with Crippen molar-refractivity contribution in [2.45, 2.75) is 56.3 Å². The summed E-state index contributed by atoms with van der Waals surface area (Å²) in [6, 6.07) is 4.65. The Hall–Kier alpha value is -3.40. The molecule has 2 aliphatic heterocycles. The van der Waals surface area contributed by atoms with Crippen LogP contribution in [-0.4, -0.2) is 39.0 Å². The standard InChI is InChI=1S/C25H25F3N4O3/c1-13(17-5-3-15(27)12-19(17)28)29-22(33)21(25-9-7-16(8-10-25)31(25)2)32-23(34)18-11-14(26)4-6-20(18)30-24(32)35/h3-6,11-13,16,21H,7-10H2,1-2H3,(H,29,33)(H,30,35)/t13-,16?,21?,25?/m0/s1. The van der Waals surface area contributed by atoms with E-state index < -0.39 is 52.2 Å². The fourth-order valence-electron chi connectivity index (χ4n) is 5.93. The molecule has 0 saturated carbocycles. The molecule has 1 unspecified atom stereocenters. The lowest BCUT2D eigenvalue weighted by molar-refractivity contribution is -0.129. The number of aromatic nitrogens is 2. The minimum absolute atomic E-state index is 0.0494. The minimum Gasteiger partial charge on any atom is -0.348 e. The van der Waals surface area contributed by atoms with Gasteiger partial charge >= 0.3 is 5.69 Å². The third-order valence-electron chi connectivity index (χ3n) is 7.77. The second-order valence-electron chi connectivity index (χ2n) is 9.54. The van der Waals surface area contributed by atoms with E-state index >= 15 is 0 Å². The normalized spacial score (nSPS) is 23.5. The number of rotatable bonds is 5. The van der Waals surface area contributed by atoms with E-state index in [-0.39, 0.29) is 22.5 Å². The van der Waals surface area contributed by atoms with Gasteiger partial charge in [0.25, 0.3) is 5.56 Å². The highest BCUT2D eigenvalue weighted by molar-refractivity contribution is 5.83. The quantitative estimate of drug-likeness (QED) is 0.580. The Morgan fingerprint density at radius 2 is 1.74 bits per heavy atom. The van der Waals surface area contributed by atoms with E-state index in [1.165, 1.54) is 12.1 Å². The van der Waals surface area contributed by atoms with Crippen molar-refractivity contribution < 1.29 is 18.0 Å². The molecule has 2 atom stereocenters. The van der Waals surface area contributed by atoms with Crippen LogP contribution in [0.25, 0.3) is 10.9 Å². The average Bonchev–Trinajstić information content (AvgIpc) is 3.29. The maximum atomic E-state index is 14.4. The third kappa shape index (κ3) is 3.67. The molecule has 7 nitrogen and oxygen atoms in total. The van der Waals surface area contributed by atoms with Gasteiger partial charge in [-0.2, -0.15) is 0 Å². The maximum absolute atomic E-state index is 14.4. The Morgan fingerprint density at radius 1 is 1.09 bits per heavy atom. The highest BCUT2D eigenvalue weighted by Gasteiger charge is 2.57. The molecular formula is C25H25F3N4O3. The van der Waals surface area contributed by atoms with E-state index in [0.717, 1.165) is 41.7 Å². The summed E-state index contributed by atoms with van der Waals surface area (Å²) in [6.07, 6.45) is 2.77. The predicted octanol–water partition coefficient (Wildman–Crippen LogP) is 3.15. The number of carbonyl (C=O) groups is 1. The molecule has 3 heterocycles. The molecule has 1 aromatic heterocycles. The van der Waals surface area contributed by atoms with Gasteiger partial charge in [0.05, 0.1) is 22.5 Å². The van der Waals surface area contributed by atoms with Gasteiger partial charge in [-0.3, -0.25) is 14.5 Å². The molecule has 2 N–H and O–H groups in total. The summed E-state index contributed by atoms with van der Waals surface area (Å²) in [6.45, 7) is 1.54. The van der Waals surface area contributed by atoms with Crippen LogP contribution in [0.4, 0.5) is 13.2 Å². The largest absolute Gasteiger partial charge is 0.348 e. The van der Waals surface area contributed by atoms with Crippen LogP contribution in [0.1, 0.15) is 50.3 Å². The molecule has 2 bridgehead atoms. The first-order valence-corrected chi connectivity index (χ1v) is 11.5. The smallest absolute Gasteiger partial charge is 0.329 e. The van der Waals surface area contributed by atoms with Gasteiger partial charge in [0.15, 0.2) is 0 Å². The van der Waals surface area contributed by atoms with E-state index in [2.05, 4.69) is 10.3 Å². The summed E-state index contributed by atoms with van der Waals surface area (Å²) < 4.78 is 42.6. The van der Waals surface area contributed by atoms with Crippen LogP contribution in [-0.2, 0) is 4.79 Å². The molecule has 2 fully saturated rings. The van der Waals surface area contributed by atoms with Crippen LogP contribution in [0.15, 0.2) is 46.0 Å². The Balaban J connectivity index is 1.63. The number of carbonyl (C=O) groups excluding carboxylic acids is 1. The van der Waals surface area contributed by atoms with E-state index in [1.54, 1.807) is 6.92 Å². The van der Waals surface area contributed by atoms with Crippen LogP contribution in [0.2, 0.25) is 0 Å². The number of nitrogens with one attached hydrogen (secondary N) is 2. The Morgan fingerprint density at radius 3 is 2.37 bits per heavy atom. The molecule has 2 saturated heterocycles. The fraction of sp³-hybridized carbons (Fsp3) is 0.400. The van der Waals surface area contributed by atoms with Crippen LogP contribution in [0.3, 0.4) is 0 Å². The number of likely N-dealkylation sites (N-methyl/N-ethyl adjacent to an activating group) is 1. The van der Waals surface area contributed by atoms with Crippen LogP contribution < -0.4 is 16.6 Å². The van der Waals surface area contributed by atoms with Crippen molar-refractivity contribution in [1.82, 2.24) is 19.8 Å². The summed E-state index contributed by atoms with van der Waals surface area (Å²) >= 11 is 0. The number of hydrogen-bond donors (Lipinski definition) is 2. The summed E-state index contributed by atoms with van der Waals surface area (Å²) in [4.78, 5) is 45.1. The van der Waals surface area contributed by atoms with Crippen molar-refractivity contribution in [3.63, 3.8) is 0 Å². The van der Waals surface area contributed by atoms with E-state index in [0.29, 0.717) is 12.8 Å². The number of aromatic amines is 1. The molecule has 0 spiro atoms. The summed E-state index contributed by atoms with van der Waals surface area (Å²) in [5.74, 6) is -2.85. The van der Waals surface area contributed by atoms with Gasteiger partial charge in [0, 0.05) is 17.7 Å². The van der Waals surface area contributed by atoms with Crippen LogP contribution in [0.5, 0.6) is 0 Å². The zero-order valence-electron chi connectivity index (χ0n) is 19.3. The first-order valence-electron chi connectivity index (χ1n) is 11.5. The van der Waals surface area contributed by atoms with E-state index in [9.17, 15) is 27.6 Å². The molecule has 10 heteroatoms. The van der Waals surface area contributed by atoms with Gasteiger partial charge in [-0.15, -0.1) is 0 Å². The van der Waals surface area contributed by atoms with Crippen molar-refractivity contribution in [3.05, 3.63) is 80.3 Å². The van der Waals surface area contributed by atoms with Crippen molar-refractivity contribution in [2.24, 2.45) is 0 Å². The molecule has 0 aliphatic carbocycles. The highest BCUT2D eigenvalue weighted by atomic mass is 19.1. The number of fused-ring (bicyclic) bond motifs is 3. The third-order valence-corrected chi connectivity index (χ3v) is 7.77. The Kier molecular flexibility index (Phi) is 5.58. The van der Waals surface area contributed by atoms with Gasteiger partial charge in [-0.25, -0.2) is 22.5 Å². The summed E-state index contributed by atoms with van der Waals surface area (Å²) in [7, 11) is 1.87. The van der Waals surface area contributed by atoms with Crippen molar-refractivity contribution in [3.8, 4) is 0 Å². The Bertz CT molecular complexity index is 1440. The number of amides is 1. The van der Waals surface area contributed by atoms with Crippen LogP contribution in [0, 0.1) is 17.5 Å². The lowest BCUT2D eigenvalue weighted by Gasteiger charge is -2.40.